The molecule has 1 saturated heterocycles. The van der Waals surface area contributed by atoms with Crippen molar-refractivity contribution in [3.8, 4) is 5.75 Å². The highest BCUT2D eigenvalue weighted by Crippen LogP contribution is 2.16. The first-order chi connectivity index (χ1) is 14.6. The van der Waals surface area contributed by atoms with Crippen LogP contribution in [-0.2, 0) is 14.3 Å². The molecule has 0 radical (unpaired) electrons. The van der Waals surface area contributed by atoms with Crippen molar-refractivity contribution in [2.75, 3.05) is 37.7 Å². The summed E-state index contributed by atoms with van der Waals surface area (Å²) < 4.78 is 10.7. The molecule has 6 heteroatoms. The van der Waals surface area contributed by atoms with Crippen LogP contribution in [0.25, 0.3) is 6.08 Å². The molecule has 6 nitrogen and oxygen atoms in total. The highest BCUT2D eigenvalue weighted by molar-refractivity contribution is 5.90. The van der Waals surface area contributed by atoms with Gasteiger partial charge in [-0.1, -0.05) is 30.3 Å². The van der Waals surface area contributed by atoms with E-state index in [2.05, 4.69) is 17.0 Å². The zero-order valence-electron chi connectivity index (χ0n) is 17.5. The Morgan fingerprint density at radius 1 is 1.00 bits per heavy atom. The lowest BCUT2D eigenvalue weighted by atomic mass is 10.2. The molecule has 3 rings (SSSR count). The maximum absolute atomic E-state index is 12.6. The van der Waals surface area contributed by atoms with Gasteiger partial charge in [0, 0.05) is 37.9 Å². The number of carbonyl (C=O) groups is 2. The van der Waals surface area contributed by atoms with E-state index in [9.17, 15) is 9.59 Å². The van der Waals surface area contributed by atoms with Crippen LogP contribution in [0.15, 0.2) is 60.7 Å². The molecule has 0 bridgehead atoms. The minimum absolute atomic E-state index is 0.162. The van der Waals surface area contributed by atoms with Crippen LogP contribution >= 0.6 is 0 Å². The van der Waals surface area contributed by atoms with Crippen LogP contribution < -0.4 is 9.64 Å². The lowest BCUT2D eigenvalue weighted by Gasteiger charge is -2.36. The normalized spacial score (nSPS) is 15.1. The number of benzene rings is 2. The van der Waals surface area contributed by atoms with E-state index >= 15 is 0 Å². The molecule has 1 fully saturated rings. The average Bonchev–Trinajstić information content (AvgIpc) is 2.79. The monoisotopic (exact) mass is 408 g/mol. The van der Waals surface area contributed by atoms with Crippen LogP contribution in [0.1, 0.15) is 19.4 Å². The van der Waals surface area contributed by atoms with Crippen LogP contribution in [0.4, 0.5) is 5.69 Å². The van der Waals surface area contributed by atoms with E-state index in [1.165, 1.54) is 6.08 Å². The Hall–Kier alpha value is -3.28. The van der Waals surface area contributed by atoms with Gasteiger partial charge in [-0.15, -0.1) is 0 Å². The largest absolute Gasteiger partial charge is 0.494 e. The third-order valence-electron chi connectivity index (χ3n) is 4.96. The number of para-hydroxylation sites is 1. The second-order valence-electron chi connectivity index (χ2n) is 7.06. The zero-order valence-corrected chi connectivity index (χ0v) is 17.5. The predicted octanol–water partition coefficient (Wildman–Crippen LogP) is 3.38. The summed E-state index contributed by atoms with van der Waals surface area (Å²) in [6, 6.07) is 17.5. The Morgan fingerprint density at radius 2 is 1.67 bits per heavy atom. The molecule has 1 atom stereocenters. The van der Waals surface area contributed by atoms with Crippen molar-refractivity contribution >= 4 is 23.6 Å². The van der Waals surface area contributed by atoms with Gasteiger partial charge in [0.1, 0.15) is 5.75 Å². The number of anilines is 1. The Morgan fingerprint density at radius 3 is 2.30 bits per heavy atom. The van der Waals surface area contributed by atoms with Gasteiger partial charge in [0.15, 0.2) is 6.10 Å². The van der Waals surface area contributed by atoms with Crippen molar-refractivity contribution in [3.63, 3.8) is 0 Å². The lowest BCUT2D eigenvalue weighted by molar-refractivity contribution is -0.155. The smallest absolute Gasteiger partial charge is 0.331 e. The van der Waals surface area contributed by atoms with Crippen molar-refractivity contribution in [3.05, 3.63) is 66.2 Å². The average molecular weight is 408 g/mol. The molecule has 0 saturated carbocycles. The molecule has 0 unspecified atom stereocenters. The lowest BCUT2D eigenvalue weighted by Crippen LogP contribution is -2.51. The van der Waals surface area contributed by atoms with Crippen LogP contribution in [0.3, 0.4) is 0 Å². The summed E-state index contributed by atoms with van der Waals surface area (Å²) >= 11 is 0. The molecule has 1 amide bonds. The fraction of sp³-hybridized carbons (Fsp3) is 0.333. The standard InChI is InChI=1S/C24H28N2O4/c1-3-29-22-12-9-20(10-13-22)11-14-23(27)30-19(2)24(28)26-17-15-25(16-18-26)21-7-5-4-6-8-21/h4-14,19H,3,15-18H2,1-2H3/b14-11+/t19-/m0/s1. The van der Waals surface area contributed by atoms with Crippen molar-refractivity contribution in [1.29, 1.82) is 0 Å². The minimum atomic E-state index is -0.814. The molecule has 158 valence electrons. The van der Waals surface area contributed by atoms with E-state index in [4.69, 9.17) is 9.47 Å². The summed E-state index contributed by atoms with van der Waals surface area (Å²) in [7, 11) is 0. The Bertz CT molecular complexity index is 857. The third kappa shape index (κ3) is 5.86. The minimum Gasteiger partial charge on any atom is -0.494 e. The van der Waals surface area contributed by atoms with E-state index < -0.39 is 12.1 Å². The second kappa shape index (κ2) is 10.5. The Balaban J connectivity index is 1.46. The number of hydrogen-bond acceptors (Lipinski definition) is 5. The maximum Gasteiger partial charge on any atom is 0.331 e. The molecular formula is C24H28N2O4. The fourth-order valence-electron chi connectivity index (χ4n) is 3.35. The zero-order chi connectivity index (χ0) is 21.3. The predicted molar refractivity (Wildman–Crippen MR) is 117 cm³/mol. The van der Waals surface area contributed by atoms with Gasteiger partial charge in [-0.25, -0.2) is 4.79 Å². The van der Waals surface area contributed by atoms with Gasteiger partial charge in [0.05, 0.1) is 6.61 Å². The van der Waals surface area contributed by atoms with Gasteiger partial charge in [0.25, 0.3) is 5.91 Å². The Kier molecular flexibility index (Phi) is 7.49. The molecule has 0 aromatic heterocycles. The Labute approximate surface area is 177 Å². The molecule has 2 aromatic carbocycles. The maximum atomic E-state index is 12.6. The number of carbonyl (C=O) groups excluding carboxylic acids is 2. The number of rotatable bonds is 7. The second-order valence-corrected chi connectivity index (χ2v) is 7.06. The van der Waals surface area contributed by atoms with Gasteiger partial charge >= 0.3 is 5.97 Å². The molecule has 1 aliphatic rings. The van der Waals surface area contributed by atoms with Gasteiger partial charge < -0.3 is 19.3 Å². The first-order valence-electron chi connectivity index (χ1n) is 10.3. The van der Waals surface area contributed by atoms with Gasteiger partial charge in [-0.3, -0.25) is 4.79 Å². The molecule has 2 aromatic rings. The summed E-state index contributed by atoms with van der Waals surface area (Å²) in [6.07, 6.45) is 2.19. The van der Waals surface area contributed by atoms with Gasteiger partial charge in [-0.05, 0) is 49.8 Å². The van der Waals surface area contributed by atoms with Crippen LogP contribution in [-0.4, -0.2) is 55.7 Å². The molecular weight excluding hydrogens is 380 g/mol. The molecule has 1 heterocycles. The fourth-order valence-corrected chi connectivity index (χ4v) is 3.35. The summed E-state index contributed by atoms with van der Waals surface area (Å²) in [6.45, 7) is 6.89. The molecule has 0 spiro atoms. The first-order valence-corrected chi connectivity index (χ1v) is 10.3. The number of piperazine rings is 1. The highest BCUT2D eigenvalue weighted by Gasteiger charge is 2.26. The van der Waals surface area contributed by atoms with E-state index in [0.29, 0.717) is 19.7 Å². The molecule has 0 aliphatic carbocycles. The van der Waals surface area contributed by atoms with E-state index in [0.717, 1.165) is 30.1 Å². The van der Waals surface area contributed by atoms with Crippen LogP contribution in [0, 0.1) is 0 Å². The summed E-state index contributed by atoms with van der Waals surface area (Å²) in [5, 5.41) is 0. The first kappa shape index (κ1) is 21.4. The van der Waals surface area contributed by atoms with E-state index in [-0.39, 0.29) is 5.91 Å². The third-order valence-corrected chi connectivity index (χ3v) is 4.96. The number of esters is 1. The van der Waals surface area contributed by atoms with E-state index in [1.54, 1.807) is 17.9 Å². The van der Waals surface area contributed by atoms with E-state index in [1.807, 2.05) is 49.4 Å². The molecule has 0 N–H and O–H groups in total. The van der Waals surface area contributed by atoms with Crippen molar-refractivity contribution < 1.29 is 19.1 Å². The summed E-state index contributed by atoms with van der Waals surface area (Å²) in [5.74, 6) is 0.0852. The molecule has 1 aliphatic heterocycles. The van der Waals surface area contributed by atoms with Crippen molar-refractivity contribution in [2.45, 2.75) is 20.0 Å². The SMILES string of the molecule is CCOc1ccc(/C=C/C(=O)O[C@@H](C)C(=O)N2CCN(c3ccccc3)CC2)cc1. The van der Waals surface area contributed by atoms with Crippen molar-refractivity contribution in [1.82, 2.24) is 4.90 Å². The number of nitrogens with zero attached hydrogens (tertiary/aromatic N) is 2. The van der Waals surface area contributed by atoms with Gasteiger partial charge in [0.2, 0.25) is 0 Å². The topological polar surface area (TPSA) is 59.1 Å². The van der Waals surface area contributed by atoms with Crippen LogP contribution in [0.2, 0.25) is 0 Å². The highest BCUT2D eigenvalue weighted by atomic mass is 16.5. The summed E-state index contributed by atoms with van der Waals surface area (Å²) in [4.78, 5) is 28.8. The molecule has 30 heavy (non-hydrogen) atoms. The van der Waals surface area contributed by atoms with Crippen LogP contribution in [0.5, 0.6) is 5.75 Å². The number of ether oxygens (including phenoxy) is 2. The summed E-state index contributed by atoms with van der Waals surface area (Å²) in [5.41, 5.74) is 2.01. The quantitative estimate of drug-likeness (QED) is 0.519. The van der Waals surface area contributed by atoms with Crippen molar-refractivity contribution in [2.24, 2.45) is 0 Å². The number of hydrogen-bond donors (Lipinski definition) is 0. The van der Waals surface area contributed by atoms with Gasteiger partial charge in [-0.2, -0.15) is 0 Å². The number of amides is 1.